The van der Waals surface area contributed by atoms with Gasteiger partial charge in [-0.2, -0.15) is 4.98 Å². The van der Waals surface area contributed by atoms with E-state index >= 15 is 0 Å². The minimum absolute atomic E-state index is 0.339. The highest BCUT2D eigenvalue weighted by Crippen LogP contribution is 2.31. The predicted molar refractivity (Wildman–Crippen MR) is 129 cm³/mol. The molecule has 4 rings (SSSR count). The minimum atomic E-state index is -1.22. The van der Waals surface area contributed by atoms with Crippen molar-refractivity contribution in [2.45, 2.75) is 38.4 Å². The highest BCUT2D eigenvalue weighted by Gasteiger charge is 2.19. The summed E-state index contributed by atoms with van der Waals surface area (Å²) >= 11 is 0. The van der Waals surface area contributed by atoms with Crippen LogP contribution in [-0.4, -0.2) is 48.0 Å². The zero-order valence-corrected chi connectivity index (χ0v) is 19.0. The van der Waals surface area contributed by atoms with E-state index in [1.807, 2.05) is 58.8 Å². The summed E-state index contributed by atoms with van der Waals surface area (Å²) in [7, 11) is 1.93. The monoisotopic (exact) mass is 439 g/mol. The lowest BCUT2D eigenvalue weighted by Crippen LogP contribution is -2.24. The van der Waals surface area contributed by atoms with Crippen molar-refractivity contribution in [2.75, 3.05) is 11.9 Å². The Morgan fingerprint density at radius 3 is 2.64 bits per heavy atom. The van der Waals surface area contributed by atoms with Gasteiger partial charge in [-0.1, -0.05) is 29.9 Å². The molecule has 2 heterocycles. The van der Waals surface area contributed by atoms with E-state index in [0.29, 0.717) is 18.0 Å². The molecule has 2 aromatic carbocycles. The summed E-state index contributed by atoms with van der Waals surface area (Å²) in [5.41, 5.74) is 1.12. The maximum absolute atomic E-state index is 10.3. The van der Waals surface area contributed by atoms with Gasteiger partial charge in [0.05, 0.1) is 5.52 Å². The summed E-state index contributed by atoms with van der Waals surface area (Å²) in [6.07, 6.45) is 7.40. The van der Waals surface area contributed by atoms with Crippen LogP contribution in [0.15, 0.2) is 48.8 Å². The molecule has 0 saturated carbocycles. The molecule has 4 aromatic rings. The van der Waals surface area contributed by atoms with Crippen LogP contribution in [0.4, 0.5) is 11.5 Å². The maximum atomic E-state index is 10.3. The average molecular weight is 440 g/mol. The zero-order chi connectivity index (χ0) is 23.8. The van der Waals surface area contributed by atoms with E-state index in [0.717, 1.165) is 27.7 Å². The van der Waals surface area contributed by atoms with Gasteiger partial charge in [0.1, 0.15) is 23.3 Å². The van der Waals surface area contributed by atoms with E-state index in [1.165, 1.54) is 0 Å². The van der Waals surface area contributed by atoms with Crippen LogP contribution in [0.1, 0.15) is 31.9 Å². The second-order valence-electron chi connectivity index (χ2n) is 8.80. The first-order valence-electron chi connectivity index (χ1n) is 10.5. The van der Waals surface area contributed by atoms with E-state index in [-0.39, 0.29) is 0 Å². The first-order chi connectivity index (χ1) is 15.6. The standard InChI is InChI=1S/C26H25N5O2/c1-6-26(4,33)16-19-8-7-9-20(14-19)30(5)23-21-11-10-18(12-13-25(2,3)32)15-22(21)31-17-27-29-24(31)28-23/h1,7-11,14-15,17,32-33H,16H2,2-5H3. The van der Waals surface area contributed by atoms with Gasteiger partial charge in [-0.25, -0.2) is 0 Å². The topological polar surface area (TPSA) is 86.8 Å². The largest absolute Gasteiger partial charge is 0.378 e. The van der Waals surface area contributed by atoms with Crippen molar-refractivity contribution in [1.29, 1.82) is 0 Å². The Morgan fingerprint density at radius 2 is 1.91 bits per heavy atom. The van der Waals surface area contributed by atoms with Gasteiger partial charge in [0.25, 0.3) is 5.78 Å². The smallest absolute Gasteiger partial charge is 0.257 e. The van der Waals surface area contributed by atoms with E-state index in [2.05, 4.69) is 28.0 Å². The fraction of sp³-hybridized carbons (Fsp3) is 0.269. The molecule has 1 atom stereocenters. The molecular weight excluding hydrogens is 414 g/mol. The van der Waals surface area contributed by atoms with Crippen molar-refractivity contribution >= 4 is 28.2 Å². The highest BCUT2D eigenvalue weighted by molar-refractivity contribution is 5.94. The molecule has 33 heavy (non-hydrogen) atoms. The molecule has 0 aliphatic rings. The van der Waals surface area contributed by atoms with E-state index in [9.17, 15) is 10.2 Å². The molecule has 7 nitrogen and oxygen atoms in total. The van der Waals surface area contributed by atoms with Crippen molar-refractivity contribution in [1.82, 2.24) is 19.6 Å². The fourth-order valence-electron chi connectivity index (χ4n) is 3.55. The van der Waals surface area contributed by atoms with Crippen LogP contribution < -0.4 is 4.90 Å². The number of benzene rings is 2. The van der Waals surface area contributed by atoms with E-state index in [4.69, 9.17) is 11.4 Å². The van der Waals surface area contributed by atoms with Crippen LogP contribution in [0.25, 0.3) is 16.7 Å². The molecule has 7 heteroatoms. The van der Waals surface area contributed by atoms with E-state index in [1.54, 1.807) is 27.1 Å². The van der Waals surface area contributed by atoms with Gasteiger partial charge < -0.3 is 15.1 Å². The van der Waals surface area contributed by atoms with Gasteiger partial charge in [0.15, 0.2) is 0 Å². The first kappa shape index (κ1) is 22.3. The fourth-order valence-corrected chi connectivity index (χ4v) is 3.55. The number of aliphatic hydroxyl groups is 2. The quantitative estimate of drug-likeness (QED) is 0.475. The normalized spacial score (nSPS) is 13.2. The van der Waals surface area contributed by atoms with Crippen molar-refractivity contribution in [3.63, 3.8) is 0 Å². The number of anilines is 2. The van der Waals surface area contributed by atoms with Gasteiger partial charge in [-0.05, 0) is 56.7 Å². The maximum Gasteiger partial charge on any atom is 0.257 e. The number of rotatable bonds is 4. The SMILES string of the molecule is C#CC(C)(O)Cc1cccc(N(C)c2nc3nncn3c3cc(C#CC(C)(C)O)ccc23)c1. The molecule has 1 unspecified atom stereocenters. The van der Waals surface area contributed by atoms with Crippen molar-refractivity contribution < 1.29 is 10.2 Å². The van der Waals surface area contributed by atoms with Crippen LogP contribution in [0, 0.1) is 24.2 Å². The summed E-state index contributed by atoms with van der Waals surface area (Å²) in [5, 5.41) is 29.3. The average Bonchev–Trinajstić information content (AvgIpc) is 3.25. The Balaban J connectivity index is 1.82. The Kier molecular flexibility index (Phi) is 5.55. The first-order valence-corrected chi connectivity index (χ1v) is 10.5. The van der Waals surface area contributed by atoms with Crippen LogP contribution in [0.2, 0.25) is 0 Å². The number of hydrogen-bond acceptors (Lipinski definition) is 6. The Hall–Kier alpha value is -3.91. The number of fused-ring (bicyclic) bond motifs is 3. The van der Waals surface area contributed by atoms with Crippen LogP contribution in [0.3, 0.4) is 0 Å². The second kappa shape index (κ2) is 8.22. The molecule has 2 N–H and O–H groups in total. The molecular formula is C26H25N5O2. The van der Waals surface area contributed by atoms with Crippen molar-refractivity contribution in [3.05, 3.63) is 59.9 Å². The van der Waals surface area contributed by atoms with Crippen LogP contribution >= 0.6 is 0 Å². The third-order valence-corrected chi connectivity index (χ3v) is 5.22. The number of hydrogen-bond donors (Lipinski definition) is 2. The molecule has 2 aromatic heterocycles. The highest BCUT2D eigenvalue weighted by atomic mass is 16.3. The molecule has 0 spiro atoms. The lowest BCUT2D eigenvalue weighted by Gasteiger charge is -2.22. The summed E-state index contributed by atoms with van der Waals surface area (Å²) < 4.78 is 1.81. The van der Waals surface area contributed by atoms with Crippen molar-refractivity contribution in [2.24, 2.45) is 0 Å². The van der Waals surface area contributed by atoms with Gasteiger partial charge in [-0.15, -0.1) is 16.6 Å². The third-order valence-electron chi connectivity index (χ3n) is 5.22. The molecule has 0 aliphatic heterocycles. The molecule has 166 valence electrons. The number of nitrogens with zero attached hydrogens (tertiary/aromatic N) is 5. The predicted octanol–water partition coefficient (Wildman–Crippen LogP) is 3.09. The lowest BCUT2D eigenvalue weighted by atomic mass is 9.97. The Labute approximate surface area is 192 Å². The Morgan fingerprint density at radius 1 is 1.12 bits per heavy atom. The van der Waals surface area contributed by atoms with Gasteiger partial charge in [0.2, 0.25) is 0 Å². The summed E-state index contributed by atoms with van der Waals surface area (Å²) in [6, 6.07) is 13.6. The van der Waals surface area contributed by atoms with Crippen LogP contribution in [-0.2, 0) is 6.42 Å². The van der Waals surface area contributed by atoms with Gasteiger partial charge >= 0.3 is 0 Å². The minimum Gasteiger partial charge on any atom is -0.378 e. The molecule has 0 amide bonds. The Bertz CT molecular complexity index is 1450. The zero-order valence-electron chi connectivity index (χ0n) is 19.0. The number of aromatic nitrogens is 4. The number of terminal acetylenes is 1. The van der Waals surface area contributed by atoms with Gasteiger partial charge in [-0.3, -0.25) is 4.40 Å². The van der Waals surface area contributed by atoms with Gasteiger partial charge in [0, 0.05) is 30.1 Å². The van der Waals surface area contributed by atoms with Crippen molar-refractivity contribution in [3.8, 4) is 24.2 Å². The molecule has 0 aliphatic carbocycles. The molecule has 0 bridgehead atoms. The second-order valence-corrected chi connectivity index (χ2v) is 8.80. The molecule has 0 fully saturated rings. The summed E-state index contributed by atoms with van der Waals surface area (Å²) in [4.78, 5) is 6.70. The molecule has 0 saturated heterocycles. The third kappa shape index (κ3) is 4.80. The lowest BCUT2D eigenvalue weighted by molar-refractivity contribution is 0.123. The summed E-state index contributed by atoms with van der Waals surface area (Å²) in [5.74, 6) is 9.45. The van der Waals surface area contributed by atoms with E-state index < -0.39 is 11.2 Å². The summed E-state index contributed by atoms with van der Waals surface area (Å²) in [6.45, 7) is 4.91. The molecule has 0 radical (unpaired) electrons. The van der Waals surface area contributed by atoms with Crippen LogP contribution in [0.5, 0.6) is 0 Å².